The number of halogens is 1. The maximum atomic E-state index is 6.25. The van der Waals surface area contributed by atoms with Crippen molar-refractivity contribution in [3.05, 3.63) is 28.8 Å². The lowest BCUT2D eigenvalue weighted by Crippen LogP contribution is -2.39. The third kappa shape index (κ3) is 3.11. The minimum Gasteiger partial charge on any atom is -0.495 e. The molecule has 0 bridgehead atoms. The van der Waals surface area contributed by atoms with Gasteiger partial charge in [-0.2, -0.15) is 0 Å². The fourth-order valence-electron chi connectivity index (χ4n) is 3.27. The Morgan fingerprint density at radius 3 is 2.75 bits per heavy atom. The van der Waals surface area contributed by atoms with Gasteiger partial charge in [-0.15, -0.1) is 0 Å². The summed E-state index contributed by atoms with van der Waals surface area (Å²) in [4.78, 5) is 2.54. The second-order valence-electron chi connectivity index (χ2n) is 5.84. The summed E-state index contributed by atoms with van der Waals surface area (Å²) >= 11 is 6.25. The first-order valence-corrected chi connectivity index (χ1v) is 7.75. The lowest BCUT2D eigenvalue weighted by atomic mass is 9.98. The van der Waals surface area contributed by atoms with Crippen LogP contribution in [0.4, 0.5) is 0 Å². The summed E-state index contributed by atoms with van der Waals surface area (Å²) < 4.78 is 5.22. The molecule has 1 aromatic rings. The van der Waals surface area contributed by atoms with Crippen molar-refractivity contribution in [2.45, 2.75) is 38.8 Å². The van der Waals surface area contributed by atoms with Gasteiger partial charge in [0.05, 0.1) is 12.1 Å². The van der Waals surface area contributed by atoms with E-state index in [4.69, 9.17) is 22.1 Å². The van der Waals surface area contributed by atoms with Crippen LogP contribution >= 0.6 is 11.6 Å². The maximum absolute atomic E-state index is 6.25. The number of likely N-dealkylation sites (tertiary alicyclic amines) is 1. The normalized spacial score (nSPS) is 21.4. The second-order valence-corrected chi connectivity index (χ2v) is 6.24. The number of rotatable bonds is 5. The van der Waals surface area contributed by atoms with E-state index in [1.54, 1.807) is 7.11 Å². The van der Waals surface area contributed by atoms with Crippen LogP contribution in [0.15, 0.2) is 18.2 Å². The minimum absolute atomic E-state index is 0.244. The molecule has 0 spiro atoms. The fraction of sp³-hybridized carbons (Fsp3) is 0.625. The van der Waals surface area contributed by atoms with Crippen LogP contribution in [0, 0.1) is 5.92 Å². The van der Waals surface area contributed by atoms with E-state index in [-0.39, 0.29) is 6.04 Å². The molecular formula is C16H25ClN2O. The van der Waals surface area contributed by atoms with Crippen LogP contribution in [0.5, 0.6) is 5.75 Å². The topological polar surface area (TPSA) is 38.5 Å². The van der Waals surface area contributed by atoms with Gasteiger partial charge in [-0.3, -0.25) is 4.90 Å². The number of nitrogens with two attached hydrogens (primary N) is 1. The molecule has 0 amide bonds. The summed E-state index contributed by atoms with van der Waals surface area (Å²) in [6.07, 6.45) is 2.52. The van der Waals surface area contributed by atoms with E-state index in [1.807, 2.05) is 12.1 Å². The highest BCUT2D eigenvalue weighted by molar-refractivity contribution is 6.32. The highest BCUT2D eigenvalue weighted by Gasteiger charge is 2.32. The number of benzene rings is 1. The molecular weight excluding hydrogens is 272 g/mol. The SMILES string of the molecule is COc1ccc(C(CN)N2CCCC2C(C)C)cc1Cl. The molecule has 3 nitrogen and oxygen atoms in total. The molecule has 0 radical (unpaired) electrons. The maximum Gasteiger partial charge on any atom is 0.137 e. The van der Waals surface area contributed by atoms with Gasteiger partial charge in [-0.05, 0) is 43.0 Å². The Labute approximate surface area is 127 Å². The molecule has 2 atom stereocenters. The molecule has 1 aliphatic heterocycles. The molecule has 2 N–H and O–H groups in total. The van der Waals surface area contributed by atoms with E-state index >= 15 is 0 Å². The first-order chi connectivity index (χ1) is 9.58. The van der Waals surface area contributed by atoms with Crippen molar-refractivity contribution < 1.29 is 4.74 Å². The van der Waals surface area contributed by atoms with Crippen LogP contribution in [0.2, 0.25) is 5.02 Å². The minimum atomic E-state index is 0.244. The van der Waals surface area contributed by atoms with Crippen molar-refractivity contribution in [3.63, 3.8) is 0 Å². The summed E-state index contributed by atoms with van der Waals surface area (Å²) in [5.74, 6) is 1.37. The van der Waals surface area contributed by atoms with Crippen LogP contribution in [-0.2, 0) is 0 Å². The third-order valence-electron chi connectivity index (χ3n) is 4.30. The summed E-state index contributed by atoms with van der Waals surface area (Å²) in [5.41, 5.74) is 7.24. The summed E-state index contributed by atoms with van der Waals surface area (Å²) in [7, 11) is 1.64. The molecule has 1 heterocycles. The molecule has 2 unspecified atom stereocenters. The van der Waals surface area contributed by atoms with E-state index in [1.165, 1.54) is 18.4 Å². The van der Waals surface area contributed by atoms with Gasteiger partial charge in [-0.25, -0.2) is 0 Å². The number of ether oxygens (including phenoxy) is 1. The quantitative estimate of drug-likeness (QED) is 0.904. The first-order valence-electron chi connectivity index (χ1n) is 7.37. The van der Waals surface area contributed by atoms with Crippen LogP contribution in [0.25, 0.3) is 0 Å². The third-order valence-corrected chi connectivity index (χ3v) is 4.59. The van der Waals surface area contributed by atoms with Crippen LogP contribution < -0.4 is 10.5 Å². The molecule has 0 saturated carbocycles. The van der Waals surface area contributed by atoms with Crippen molar-refractivity contribution in [2.24, 2.45) is 11.7 Å². The van der Waals surface area contributed by atoms with E-state index < -0.39 is 0 Å². The first kappa shape index (κ1) is 15.6. The smallest absolute Gasteiger partial charge is 0.137 e. The summed E-state index contributed by atoms with van der Waals surface area (Å²) in [6, 6.07) is 6.87. The Bertz CT molecular complexity index is 450. The highest BCUT2D eigenvalue weighted by atomic mass is 35.5. The van der Waals surface area contributed by atoms with Crippen LogP contribution in [0.1, 0.15) is 38.3 Å². The predicted octanol–water partition coefficient (Wildman–Crippen LogP) is 3.47. The Morgan fingerprint density at radius 1 is 1.45 bits per heavy atom. The standard InChI is InChI=1S/C16H25ClN2O/c1-11(2)14-5-4-8-19(14)15(10-18)12-6-7-16(20-3)13(17)9-12/h6-7,9,11,14-15H,4-5,8,10,18H2,1-3H3. The number of hydrogen-bond donors (Lipinski definition) is 1. The van der Waals surface area contributed by atoms with Crippen molar-refractivity contribution in [1.82, 2.24) is 4.90 Å². The van der Waals surface area contributed by atoms with Gasteiger partial charge >= 0.3 is 0 Å². The zero-order chi connectivity index (χ0) is 14.7. The largest absolute Gasteiger partial charge is 0.495 e. The van der Waals surface area contributed by atoms with Gasteiger partial charge in [0, 0.05) is 18.6 Å². The Balaban J connectivity index is 2.25. The lowest BCUT2D eigenvalue weighted by Gasteiger charge is -2.35. The molecule has 2 rings (SSSR count). The predicted molar refractivity (Wildman–Crippen MR) is 84.4 cm³/mol. The fourth-order valence-corrected chi connectivity index (χ4v) is 3.54. The Kier molecular flexibility index (Phi) is 5.30. The van der Waals surface area contributed by atoms with Gasteiger partial charge in [0.25, 0.3) is 0 Å². The molecule has 1 saturated heterocycles. The molecule has 20 heavy (non-hydrogen) atoms. The molecule has 112 valence electrons. The molecule has 1 aromatic carbocycles. The van der Waals surface area contributed by atoms with E-state index in [0.29, 0.717) is 29.3 Å². The zero-order valence-corrected chi connectivity index (χ0v) is 13.4. The van der Waals surface area contributed by atoms with E-state index in [0.717, 1.165) is 6.54 Å². The average molecular weight is 297 g/mol. The monoisotopic (exact) mass is 296 g/mol. The van der Waals surface area contributed by atoms with Gasteiger partial charge in [0.1, 0.15) is 5.75 Å². The van der Waals surface area contributed by atoms with Gasteiger partial charge in [-0.1, -0.05) is 31.5 Å². The number of nitrogens with zero attached hydrogens (tertiary/aromatic N) is 1. The molecule has 1 fully saturated rings. The van der Waals surface area contributed by atoms with Crippen molar-refractivity contribution >= 4 is 11.6 Å². The number of hydrogen-bond acceptors (Lipinski definition) is 3. The van der Waals surface area contributed by atoms with Gasteiger partial charge in [0.2, 0.25) is 0 Å². The lowest BCUT2D eigenvalue weighted by molar-refractivity contribution is 0.149. The van der Waals surface area contributed by atoms with E-state index in [9.17, 15) is 0 Å². The van der Waals surface area contributed by atoms with Gasteiger partial charge < -0.3 is 10.5 Å². The Hall–Kier alpha value is -0.770. The summed E-state index contributed by atoms with van der Waals surface area (Å²) in [5, 5.41) is 0.656. The van der Waals surface area contributed by atoms with Crippen molar-refractivity contribution in [3.8, 4) is 5.75 Å². The number of methoxy groups -OCH3 is 1. The van der Waals surface area contributed by atoms with Crippen LogP contribution in [0.3, 0.4) is 0 Å². The molecule has 1 aliphatic rings. The second kappa shape index (κ2) is 6.79. The van der Waals surface area contributed by atoms with Gasteiger partial charge in [0.15, 0.2) is 0 Å². The van der Waals surface area contributed by atoms with Crippen molar-refractivity contribution in [2.75, 3.05) is 20.2 Å². The van der Waals surface area contributed by atoms with Crippen molar-refractivity contribution in [1.29, 1.82) is 0 Å². The average Bonchev–Trinajstić information content (AvgIpc) is 2.89. The van der Waals surface area contributed by atoms with E-state index in [2.05, 4.69) is 24.8 Å². The highest BCUT2D eigenvalue weighted by Crippen LogP contribution is 2.35. The Morgan fingerprint density at radius 2 is 2.20 bits per heavy atom. The zero-order valence-electron chi connectivity index (χ0n) is 12.6. The summed E-state index contributed by atoms with van der Waals surface area (Å²) in [6.45, 7) is 6.31. The molecule has 0 aliphatic carbocycles. The molecule has 0 aromatic heterocycles. The molecule has 4 heteroatoms. The van der Waals surface area contributed by atoms with Crippen LogP contribution in [-0.4, -0.2) is 31.1 Å².